The molecule has 0 saturated carbocycles. The number of amides is 1. The van der Waals surface area contributed by atoms with Gasteiger partial charge in [0, 0.05) is 31.9 Å². The van der Waals surface area contributed by atoms with Crippen molar-refractivity contribution in [1.29, 1.82) is 0 Å². The number of ether oxygens (including phenoxy) is 2. The number of halogens is 2. The molecular formula is C23H31F2N3O3. The van der Waals surface area contributed by atoms with Crippen molar-refractivity contribution in [2.24, 2.45) is 11.1 Å². The Hall–Kier alpha value is -2.03. The fraction of sp³-hybridized carbons (Fsp3) is 0.609. The molecule has 0 spiro atoms. The summed E-state index contributed by atoms with van der Waals surface area (Å²) in [6, 6.07) is 3.20. The number of hydrogen-bond acceptors (Lipinski definition) is 5. The van der Waals surface area contributed by atoms with Crippen LogP contribution in [0.5, 0.6) is 5.75 Å². The zero-order valence-electron chi connectivity index (χ0n) is 18.4. The molecule has 3 aliphatic heterocycles. The van der Waals surface area contributed by atoms with E-state index in [4.69, 9.17) is 15.2 Å². The third-order valence-electron chi connectivity index (χ3n) is 6.50. The van der Waals surface area contributed by atoms with Crippen molar-refractivity contribution in [1.82, 2.24) is 9.80 Å². The lowest BCUT2D eigenvalue weighted by Gasteiger charge is -2.34. The predicted molar refractivity (Wildman–Crippen MR) is 112 cm³/mol. The summed E-state index contributed by atoms with van der Waals surface area (Å²) in [6.45, 7) is 8.32. The van der Waals surface area contributed by atoms with Crippen LogP contribution >= 0.6 is 0 Å². The minimum absolute atomic E-state index is 0.0412. The van der Waals surface area contributed by atoms with Crippen LogP contribution in [0.4, 0.5) is 8.78 Å². The Kier molecular flexibility index (Phi) is 6.07. The molecule has 2 N–H and O–H groups in total. The second-order valence-electron chi connectivity index (χ2n) is 9.64. The molecule has 2 saturated heterocycles. The fourth-order valence-electron chi connectivity index (χ4n) is 4.64. The smallest absolute Gasteiger partial charge is 0.244 e. The fourth-order valence-corrected chi connectivity index (χ4v) is 4.64. The molecule has 170 valence electrons. The highest BCUT2D eigenvalue weighted by Crippen LogP contribution is 2.40. The molecule has 1 amide bonds. The van der Waals surface area contributed by atoms with Gasteiger partial charge in [-0.15, -0.1) is 0 Å². The SMILES string of the molecule is CC(C)(C)C(N)C(=O)N1CCC2C1=C(Oc1ccc(F)c(F)c1)CN2C1CCOCC1. The summed E-state index contributed by atoms with van der Waals surface area (Å²) < 4.78 is 38.7. The number of likely N-dealkylation sites (tertiary alicyclic amines) is 1. The van der Waals surface area contributed by atoms with Crippen LogP contribution in [0.1, 0.15) is 40.0 Å². The van der Waals surface area contributed by atoms with E-state index in [1.54, 1.807) is 4.90 Å². The van der Waals surface area contributed by atoms with Crippen molar-refractivity contribution in [2.45, 2.75) is 58.2 Å². The number of hydrogen-bond donors (Lipinski definition) is 1. The average molecular weight is 436 g/mol. The van der Waals surface area contributed by atoms with Gasteiger partial charge in [-0.25, -0.2) is 8.78 Å². The van der Waals surface area contributed by atoms with E-state index in [0.29, 0.717) is 38.1 Å². The first-order chi connectivity index (χ1) is 14.7. The average Bonchev–Trinajstić information content (AvgIpc) is 3.31. The molecule has 8 heteroatoms. The number of nitrogens with zero attached hydrogens (tertiary/aromatic N) is 2. The largest absolute Gasteiger partial charge is 0.458 e. The Morgan fingerprint density at radius 3 is 2.55 bits per heavy atom. The first kappa shape index (κ1) is 22.2. The lowest BCUT2D eigenvalue weighted by Crippen LogP contribution is -2.49. The molecule has 1 aromatic carbocycles. The highest BCUT2D eigenvalue weighted by atomic mass is 19.2. The van der Waals surface area contributed by atoms with E-state index in [9.17, 15) is 13.6 Å². The minimum atomic E-state index is -0.965. The second kappa shape index (κ2) is 8.48. The van der Waals surface area contributed by atoms with Gasteiger partial charge in [0.2, 0.25) is 5.91 Å². The van der Waals surface area contributed by atoms with Gasteiger partial charge in [-0.3, -0.25) is 9.69 Å². The summed E-state index contributed by atoms with van der Waals surface area (Å²) in [6.07, 6.45) is 2.62. The van der Waals surface area contributed by atoms with Crippen LogP contribution in [0, 0.1) is 17.0 Å². The highest BCUT2D eigenvalue weighted by molar-refractivity contribution is 5.85. The van der Waals surface area contributed by atoms with E-state index >= 15 is 0 Å². The summed E-state index contributed by atoms with van der Waals surface area (Å²) in [7, 11) is 0. The molecule has 0 aromatic heterocycles. The Morgan fingerprint density at radius 2 is 1.90 bits per heavy atom. The van der Waals surface area contributed by atoms with Gasteiger partial charge in [-0.05, 0) is 36.8 Å². The molecule has 0 aliphatic carbocycles. The summed E-state index contributed by atoms with van der Waals surface area (Å²) in [5.74, 6) is -1.20. The van der Waals surface area contributed by atoms with Gasteiger partial charge in [0.15, 0.2) is 11.6 Å². The monoisotopic (exact) mass is 435 g/mol. The maximum absolute atomic E-state index is 13.8. The van der Waals surface area contributed by atoms with Gasteiger partial charge in [0.05, 0.1) is 24.3 Å². The van der Waals surface area contributed by atoms with Crippen LogP contribution < -0.4 is 10.5 Å². The minimum Gasteiger partial charge on any atom is -0.458 e. The van der Waals surface area contributed by atoms with Crippen LogP contribution in [0.15, 0.2) is 29.7 Å². The summed E-state index contributed by atoms with van der Waals surface area (Å²) in [5, 5.41) is 0. The summed E-state index contributed by atoms with van der Waals surface area (Å²) in [5.41, 5.74) is 6.72. The molecule has 2 unspecified atom stereocenters. The number of carbonyl (C=O) groups is 1. The standard InChI is InChI=1S/C23H31F2N3O3/c1-23(2,3)21(26)22(29)27-9-6-18-20(27)19(13-28(18)14-7-10-30-11-8-14)31-15-4-5-16(24)17(25)12-15/h4-5,12,14,18,21H,6-11,13,26H2,1-3H3. The van der Waals surface area contributed by atoms with Gasteiger partial charge >= 0.3 is 0 Å². The van der Waals surface area contributed by atoms with Crippen LogP contribution in [0.25, 0.3) is 0 Å². The van der Waals surface area contributed by atoms with E-state index < -0.39 is 17.7 Å². The molecule has 31 heavy (non-hydrogen) atoms. The molecule has 0 radical (unpaired) electrons. The zero-order valence-corrected chi connectivity index (χ0v) is 18.4. The highest BCUT2D eigenvalue weighted by Gasteiger charge is 2.47. The van der Waals surface area contributed by atoms with Crippen LogP contribution in [0.2, 0.25) is 0 Å². The first-order valence-electron chi connectivity index (χ1n) is 10.9. The normalized spacial score (nSPS) is 23.9. The maximum atomic E-state index is 13.8. The lowest BCUT2D eigenvalue weighted by molar-refractivity contribution is -0.132. The number of nitrogens with two attached hydrogens (primary N) is 1. The lowest BCUT2D eigenvalue weighted by atomic mass is 9.86. The van der Waals surface area contributed by atoms with Crippen molar-refractivity contribution >= 4 is 5.91 Å². The summed E-state index contributed by atoms with van der Waals surface area (Å²) in [4.78, 5) is 17.4. The van der Waals surface area contributed by atoms with E-state index in [1.165, 1.54) is 6.07 Å². The van der Waals surface area contributed by atoms with E-state index in [-0.39, 0.29) is 23.1 Å². The molecule has 3 heterocycles. The number of rotatable bonds is 4. The van der Waals surface area contributed by atoms with Gasteiger partial charge in [0.1, 0.15) is 11.5 Å². The van der Waals surface area contributed by atoms with Gasteiger partial charge < -0.3 is 20.1 Å². The van der Waals surface area contributed by atoms with Crippen LogP contribution in [-0.2, 0) is 9.53 Å². The van der Waals surface area contributed by atoms with Crippen molar-refractivity contribution in [3.8, 4) is 5.75 Å². The predicted octanol–water partition coefficient (Wildman–Crippen LogP) is 3.02. The third kappa shape index (κ3) is 4.33. The Bertz CT molecular complexity index is 877. The number of carbonyl (C=O) groups excluding carboxylic acids is 1. The molecule has 2 atom stereocenters. The third-order valence-corrected chi connectivity index (χ3v) is 6.50. The van der Waals surface area contributed by atoms with E-state index in [0.717, 1.165) is 37.1 Å². The van der Waals surface area contributed by atoms with Crippen molar-refractivity contribution in [3.05, 3.63) is 41.3 Å². The molecule has 0 bridgehead atoms. The van der Waals surface area contributed by atoms with Crippen molar-refractivity contribution in [2.75, 3.05) is 26.3 Å². The van der Waals surface area contributed by atoms with Crippen LogP contribution in [0.3, 0.4) is 0 Å². The van der Waals surface area contributed by atoms with E-state index in [2.05, 4.69) is 4.90 Å². The topological polar surface area (TPSA) is 68.0 Å². The quantitative estimate of drug-likeness (QED) is 0.788. The summed E-state index contributed by atoms with van der Waals surface area (Å²) >= 11 is 0. The number of benzene rings is 1. The van der Waals surface area contributed by atoms with Crippen LogP contribution in [-0.4, -0.2) is 60.1 Å². The van der Waals surface area contributed by atoms with Gasteiger partial charge in [-0.1, -0.05) is 20.8 Å². The van der Waals surface area contributed by atoms with Gasteiger partial charge in [-0.2, -0.15) is 0 Å². The Labute approximate surface area is 182 Å². The zero-order chi connectivity index (χ0) is 22.3. The Morgan fingerprint density at radius 1 is 1.19 bits per heavy atom. The molecule has 1 aromatic rings. The molecule has 4 rings (SSSR count). The molecule has 3 aliphatic rings. The van der Waals surface area contributed by atoms with Gasteiger partial charge in [0.25, 0.3) is 0 Å². The molecule has 6 nitrogen and oxygen atoms in total. The van der Waals surface area contributed by atoms with E-state index in [1.807, 2.05) is 20.8 Å². The van der Waals surface area contributed by atoms with Crippen molar-refractivity contribution in [3.63, 3.8) is 0 Å². The molecular weight excluding hydrogens is 404 g/mol. The first-order valence-corrected chi connectivity index (χ1v) is 10.9. The maximum Gasteiger partial charge on any atom is 0.244 e. The molecule has 2 fully saturated rings. The second-order valence-corrected chi connectivity index (χ2v) is 9.64. The number of fused-ring (bicyclic) bond motifs is 1. The van der Waals surface area contributed by atoms with Crippen molar-refractivity contribution < 1.29 is 23.0 Å². The Balaban J connectivity index is 1.65.